The van der Waals surface area contributed by atoms with Crippen LogP contribution in [-0.4, -0.2) is 35.1 Å². The molecule has 2 amide bonds. The van der Waals surface area contributed by atoms with Gasteiger partial charge in [0.15, 0.2) is 0 Å². The predicted molar refractivity (Wildman–Crippen MR) is 127 cm³/mol. The number of benzene rings is 2. The zero-order valence-electron chi connectivity index (χ0n) is 17.4. The molecule has 2 aromatic carbocycles. The lowest BCUT2D eigenvalue weighted by atomic mass is 10.1. The lowest BCUT2D eigenvalue weighted by Crippen LogP contribution is -2.49. The van der Waals surface area contributed by atoms with Gasteiger partial charge in [-0.15, -0.1) is 11.8 Å². The zero-order chi connectivity index (χ0) is 21.9. The van der Waals surface area contributed by atoms with E-state index in [0.717, 1.165) is 23.3 Å². The first kappa shape index (κ1) is 24.6. The Labute approximate surface area is 193 Å². The van der Waals surface area contributed by atoms with Gasteiger partial charge in [0.2, 0.25) is 11.8 Å². The Morgan fingerprint density at radius 1 is 1.10 bits per heavy atom. The summed E-state index contributed by atoms with van der Waals surface area (Å²) in [7, 11) is 0. The van der Waals surface area contributed by atoms with Crippen LogP contribution in [0.4, 0.5) is 0 Å². The average molecular weight is 467 g/mol. The number of nitrogens with one attached hydrogen (secondary N) is 1. The normalized spacial score (nSPS) is 11.7. The molecule has 2 aromatic rings. The number of carbonyl (C=O) groups excluding carboxylic acids is 2. The molecule has 0 heterocycles. The monoisotopic (exact) mass is 466 g/mol. The smallest absolute Gasteiger partial charge is 0.242 e. The van der Waals surface area contributed by atoms with Crippen molar-refractivity contribution in [2.45, 2.75) is 45.0 Å². The number of hydrogen-bond acceptors (Lipinski definition) is 3. The first-order valence-corrected chi connectivity index (χ1v) is 12.0. The SMILES string of the molecule is CCCNC(=O)[C@@H](CC)N(Cc1ccc(Cl)cc1Cl)C(=O)CSCc1ccccc1. The fourth-order valence-electron chi connectivity index (χ4n) is 3.03. The van der Waals surface area contributed by atoms with E-state index < -0.39 is 6.04 Å². The molecule has 0 fully saturated rings. The van der Waals surface area contributed by atoms with Crippen LogP contribution in [-0.2, 0) is 21.9 Å². The highest BCUT2D eigenvalue weighted by atomic mass is 35.5. The lowest BCUT2D eigenvalue weighted by molar-refractivity contribution is -0.139. The van der Waals surface area contributed by atoms with Crippen LogP contribution < -0.4 is 5.32 Å². The Morgan fingerprint density at radius 3 is 2.47 bits per heavy atom. The highest BCUT2D eigenvalue weighted by molar-refractivity contribution is 7.99. The fraction of sp³-hybridized carbons (Fsp3) is 0.391. The summed E-state index contributed by atoms with van der Waals surface area (Å²) in [5, 5.41) is 3.94. The molecule has 30 heavy (non-hydrogen) atoms. The van der Waals surface area contributed by atoms with Crippen molar-refractivity contribution >= 4 is 46.8 Å². The van der Waals surface area contributed by atoms with E-state index in [2.05, 4.69) is 5.32 Å². The quantitative estimate of drug-likeness (QED) is 0.471. The summed E-state index contributed by atoms with van der Waals surface area (Å²) in [5.74, 6) is 0.810. The van der Waals surface area contributed by atoms with Gasteiger partial charge in [-0.1, -0.05) is 73.4 Å². The molecule has 0 unspecified atom stereocenters. The number of nitrogens with zero attached hydrogens (tertiary/aromatic N) is 1. The second-order valence-corrected chi connectivity index (χ2v) is 8.78. The van der Waals surface area contributed by atoms with Crippen molar-refractivity contribution in [1.29, 1.82) is 0 Å². The molecule has 162 valence electrons. The van der Waals surface area contributed by atoms with Gasteiger partial charge in [0.1, 0.15) is 6.04 Å². The Hall–Kier alpha value is -1.69. The molecule has 0 radical (unpaired) electrons. The first-order chi connectivity index (χ1) is 14.5. The van der Waals surface area contributed by atoms with E-state index in [9.17, 15) is 9.59 Å². The topological polar surface area (TPSA) is 49.4 Å². The molecule has 0 bridgehead atoms. The Kier molecular flexibility index (Phi) is 10.6. The number of amides is 2. The average Bonchev–Trinajstić information content (AvgIpc) is 2.74. The summed E-state index contributed by atoms with van der Waals surface area (Å²) in [4.78, 5) is 27.5. The molecule has 0 aliphatic heterocycles. The molecule has 0 aliphatic carbocycles. The molecule has 0 aromatic heterocycles. The molecule has 0 aliphatic rings. The van der Waals surface area contributed by atoms with Crippen LogP contribution in [0.5, 0.6) is 0 Å². The minimum atomic E-state index is -0.548. The van der Waals surface area contributed by atoms with E-state index in [-0.39, 0.29) is 24.1 Å². The predicted octanol–water partition coefficient (Wildman–Crippen LogP) is 5.56. The lowest BCUT2D eigenvalue weighted by Gasteiger charge is -2.31. The third-order valence-electron chi connectivity index (χ3n) is 4.63. The number of thioether (sulfide) groups is 1. The van der Waals surface area contributed by atoms with Crippen molar-refractivity contribution in [3.8, 4) is 0 Å². The van der Waals surface area contributed by atoms with Gasteiger partial charge in [-0.2, -0.15) is 0 Å². The molecule has 2 rings (SSSR count). The van der Waals surface area contributed by atoms with Gasteiger partial charge >= 0.3 is 0 Å². The summed E-state index contributed by atoms with van der Waals surface area (Å²) in [6.45, 7) is 4.76. The van der Waals surface area contributed by atoms with Crippen molar-refractivity contribution in [3.63, 3.8) is 0 Å². The third-order valence-corrected chi connectivity index (χ3v) is 6.20. The van der Waals surface area contributed by atoms with Crippen LogP contribution in [0.15, 0.2) is 48.5 Å². The summed E-state index contributed by atoms with van der Waals surface area (Å²) in [6.07, 6.45) is 1.36. The van der Waals surface area contributed by atoms with E-state index in [1.165, 1.54) is 0 Å². The molecular weight excluding hydrogens is 439 g/mol. The summed E-state index contributed by atoms with van der Waals surface area (Å²) in [6, 6.07) is 14.7. The molecular formula is C23H28Cl2N2O2S. The Bertz CT molecular complexity index is 833. The van der Waals surface area contributed by atoms with Gasteiger partial charge in [0, 0.05) is 28.9 Å². The van der Waals surface area contributed by atoms with Gasteiger partial charge in [-0.25, -0.2) is 0 Å². The zero-order valence-corrected chi connectivity index (χ0v) is 19.7. The summed E-state index contributed by atoms with van der Waals surface area (Å²) >= 11 is 13.9. The summed E-state index contributed by atoms with van der Waals surface area (Å²) < 4.78 is 0. The van der Waals surface area contributed by atoms with E-state index in [1.807, 2.05) is 44.2 Å². The number of rotatable bonds is 11. The third kappa shape index (κ3) is 7.53. The molecule has 0 saturated heterocycles. The second kappa shape index (κ2) is 12.9. The largest absolute Gasteiger partial charge is 0.354 e. The van der Waals surface area contributed by atoms with Gasteiger partial charge in [-0.3, -0.25) is 9.59 Å². The van der Waals surface area contributed by atoms with Crippen LogP contribution in [0.2, 0.25) is 10.0 Å². The van der Waals surface area contributed by atoms with Gasteiger partial charge < -0.3 is 10.2 Å². The maximum atomic E-state index is 13.2. The minimum absolute atomic E-state index is 0.0829. The summed E-state index contributed by atoms with van der Waals surface area (Å²) in [5.41, 5.74) is 1.93. The maximum Gasteiger partial charge on any atom is 0.242 e. The molecule has 1 atom stereocenters. The Balaban J connectivity index is 2.15. The van der Waals surface area contributed by atoms with E-state index in [1.54, 1.807) is 34.9 Å². The molecule has 1 N–H and O–H groups in total. The highest BCUT2D eigenvalue weighted by Crippen LogP contribution is 2.24. The van der Waals surface area contributed by atoms with Crippen LogP contribution in [0, 0.1) is 0 Å². The Morgan fingerprint density at radius 2 is 1.83 bits per heavy atom. The van der Waals surface area contributed by atoms with Crippen molar-refractivity contribution in [2.75, 3.05) is 12.3 Å². The van der Waals surface area contributed by atoms with E-state index >= 15 is 0 Å². The van der Waals surface area contributed by atoms with Crippen LogP contribution in [0.25, 0.3) is 0 Å². The van der Waals surface area contributed by atoms with Gasteiger partial charge in [0.05, 0.1) is 5.75 Å². The van der Waals surface area contributed by atoms with E-state index in [0.29, 0.717) is 23.0 Å². The minimum Gasteiger partial charge on any atom is -0.354 e. The first-order valence-electron chi connectivity index (χ1n) is 10.1. The molecule has 4 nitrogen and oxygen atoms in total. The van der Waals surface area contributed by atoms with E-state index in [4.69, 9.17) is 23.2 Å². The number of hydrogen-bond donors (Lipinski definition) is 1. The standard InChI is InChI=1S/C23H28Cl2N2O2S/c1-3-12-26-23(29)21(4-2)27(14-18-10-11-19(24)13-20(18)25)22(28)16-30-15-17-8-6-5-7-9-17/h5-11,13,21H,3-4,12,14-16H2,1-2H3,(H,26,29)/t21-/m1/s1. The van der Waals surface area contributed by atoms with Gasteiger partial charge in [-0.05, 0) is 36.1 Å². The van der Waals surface area contributed by atoms with Crippen molar-refractivity contribution in [3.05, 3.63) is 69.7 Å². The number of halogens is 2. The van der Waals surface area contributed by atoms with Crippen LogP contribution >= 0.6 is 35.0 Å². The van der Waals surface area contributed by atoms with Crippen molar-refractivity contribution in [2.24, 2.45) is 0 Å². The van der Waals surface area contributed by atoms with Crippen LogP contribution in [0.3, 0.4) is 0 Å². The maximum absolute atomic E-state index is 13.2. The fourth-order valence-corrected chi connectivity index (χ4v) is 4.37. The molecule has 0 spiro atoms. The van der Waals surface area contributed by atoms with Gasteiger partial charge in [0.25, 0.3) is 0 Å². The molecule has 7 heteroatoms. The second-order valence-electron chi connectivity index (χ2n) is 6.95. The van der Waals surface area contributed by atoms with Crippen molar-refractivity contribution in [1.82, 2.24) is 10.2 Å². The highest BCUT2D eigenvalue weighted by Gasteiger charge is 2.28. The molecule has 0 saturated carbocycles. The van der Waals surface area contributed by atoms with Crippen molar-refractivity contribution < 1.29 is 9.59 Å². The van der Waals surface area contributed by atoms with Crippen LogP contribution in [0.1, 0.15) is 37.8 Å². The number of carbonyl (C=O) groups is 2.